The molecule has 0 bridgehead atoms. The Morgan fingerprint density at radius 2 is 1.62 bits per heavy atom. The van der Waals surface area contributed by atoms with E-state index in [4.69, 9.17) is 14.5 Å². The van der Waals surface area contributed by atoms with Gasteiger partial charge in [0.2, 0.25) is 0 Å². The van der Waals surface area contributed by atoms with Gasteiger partial charge in [0.1, 0.15) is 11.0 Å². The molecule has 5 heteroatoms. The third kappa shape index (κ3) is 2.09. The van der Waals surface area contributed by atoms with E-state index in [0.29, 0.717) is 11.5 Å². The molecule has 0 radical (unpaired) electrons. The standard InChI is InChI=1S/C19H17N3O2/c1-11-17-19(22-21-11)14-7-5-4-6-13(14)18(20-17)12-8-9-15(23-2)16(10-12)24-3/h4-10H,1-3H3,(H,21,22). The summed E-state index contributed by atoms with van der Waals surface area (Å²) in [6, 6.07) is 14.0. The number of rotatable bonds is 3. The highest BCUT2D eigenvalue weighted by Crippen LogP contribution is 2.36. The fraction of sp³-hybridized carbons (Fsp3) is 0.158. The van der Waals surface area contributed by atoms with Crippen LogP contribution in [0, 0.1) is 6.92 Å². The molecule has 0 aliphatic rings. The van der Waals surface area contributed by atoms with E-state index in [0.717, 1.165) is 38.8 Å². The molecule has 0 spiro atoms. The van der Waals surface area contributed by atoms with E-state index in [1.165, 1.54) is 0 Å². The highest BCUT2D eigenvalue weighted by Gasteiger charge is 2.15. The molecule has 2 heterocycles. The molecule has 4 aromatic rings. The van der Waals surface area contributed by atoms with Crippen molar-refractivity contribution in [1.29, 1.82) is 0 Å². The van der Waals surface area contributed by atoms with Crippen LogP contribution in [0.1, 0.15) is 5.69 Å². The van der Waals surface area contributed by atoms with Crippen LogP contribution in [0.3, 0.4) is 0 Å². The van der Waals surface area contributed by atoms with Gasteiger partial charge in [-0.25, -0.2) is 4.98 Å². The largest absolute Gasteiger partial charge is 0.493 e. The Hall–Kier alpha value is -3.08. The number of methoxy groups -OCH3 is 2. The van der Waals surface area contributed by atoms with Crippen LogP contribution in [0.15, 0.2) is 42.5 Å². The van der Waals surface area contributed by atoms with Crippen LogP contribution < -0.4 is 9.47 Å². The quantitative estimate of drug-likeness (QED) is 0.617. The van der Waals surface area contributed by atoms with E-state index in [9.17, 15) is 0 Å². The Kier molecular flexibility index (Phi) is 3.34. The number of aromatic nitrogens is 3. The summed E-state index contributed by atoms with van der Waals surface area (Å²) in [4.78, 5) is 4.87. The average Bonchev–Trinajstić information content (AvgIpc) is 3.01. The van der Waals surface area contributed by atoms with Crippen LogP contribution in [-0.4, -0.2) is 29.4 Å². The van der Waals surface area contributed by atoms with E-state index in [1.54, 1.807) is 14.2 Å². The van der Waals surface area contributed by atoms with Crippen molar-refractivity contribution in [3.63, 3.8) is 0 Å². The van der Waals surface area contributed by atoms with E-state index in [2.05, 4.69) is 22.3 Å². The third-order valence-corrected chi connectivity index (χ3v) is 4.23. The van der Waals surface area contributed by atoms with Crippen LogP contribution in [-0.2, 0) is 0 Å². The predicted octanol–water partition coefficient (Wildman–Crippen LogP) is 4.10. The molecule has 0 amide bonds. The topological polar surface area (TPSA) is 60.0 Å². The Balaban J connectivity index is 2.06. The van der Waals surface area contributed by atoms with Gasteiger partial charge < -0.3 is 9.47 Å². The SMILES string of the molecule is COc1ccc(-c2nc3c(C)[nH]nc3c3ccccc23)cc1OC. The number of hydrogen-bond donors (Lipinski definition) is 1. The lowest BCUT2D eigenvalue weighted by Crippen LogP contribution is -1.93. The van der Waals surface area contributed by atoms with E-state index in [1.807, 2.05) is 37.3 Å². The maximum absolute atomic E-state index is 5.44. The average molecular weight is 319 g/mol. The monoisotopic (exact) mass is 319 g/mol. The van der Waals surface area contributed by atoms with Crippen LogP contribution in [0.5, 0.6) is 11.5 Å². The van der Waals surface area contributed by atoms with Gasteiger partial charge in [-0.05, 0) is 25.1 Å². The van der Waals surface area contributed by atoms with E-state index < -0.39 is 0 Å². The van der Waals surface area contributed by atoms with Gasteiger partial charge >= 0.3 is 0 Å². The van der Waals surface area contributed by atoms with E-state index >= 15 is 0 Å². The van der Waals surface area contributed by atoms with Crippen LogP contribution in [0.4, 0.5) is 0 Å². The molecule has 0 aliphatic carbocycles. The van der Waals surface area contributed by atoms with Crippen molar-refractivity contribution in [1.82, 2.24) is 15.2 Å². The molecule has 2 aromatic carbocycles. The normalized spacial score (nSPS) is 11.1. The molecule has 0 unspecified atom stereocenters. The van der Waals surface area contributed by atoms with Gasteiger partial charge in [0.05, 0.1) is 25.6 Å². The van der Waals surface area contributed by atoms with Crippen LogP contribution >= 0.6 is 0 Å². The first-order chi connectivity index (χ1) is 11.7. The minimum atomic E-state index is 0.685. The highest BCUT2D eigenvalue weighted by atomic mass is 16.5. The van der Waals surface area contributed by atoms with Crippen molar-refractivity contribution in [2.75, 3.05) is 14.2 Å². The summed E-state index contributed by atoms with van der Waals surface area (Å²) in [6.45, 7) is 1.98. The molecule has 0 atom stereocenters. The fourth-order valence-electron chi connectivity index (χ4n) is 3.02. The van der Waals surface area contributed by atoms with Gasteiger partial charge in [-0.2, -0.15) is 5.10 Å². The number of hydrogen-bond acceptors (Lipinski definition) is 4. The summed E-state index contributed by atoms with van der Waals surface area (Å²) in [7, 11) is 3.27. The van der Waals surface area contributed by atoms with Crippen LogP contribution in [0.2, 0.25) is 0 Å². The van der Waals surface area contributed by atoms with Gasteiger partial charge in [0, 0.05) is 16.3 Å². The first-order valence-corrected chi connectivity index (χ1v) is 7.68. The number of aromatic amines is 1. The third-order valence-electron chi connectivity index (χ3n) is 4.23. The van der Waals surface area contributed by atoms with Crippen LogP contribution in [0.25, 0.3) is 33.1 Å². The van der Waals surface area contributed by atoms with Gasteiger partial charge in [0.15, 0.2) is 11.5 Å². The van der Waals surface area contributed by atoms with Crippen molar-refractivity contribution < 1.29 is 9.47 Å². The summed E-state index contributed by atoms with van der Waals surface area (Å²) in [5.74, 6) is 1.39. The van der Waals surface area contributed by atoms with Crippen molar-refractivity contribution in [3.8, 4) is 22.8 Å². The molecule has 1 N–H and O–H groups in total. The summed E-state index contributed by atoms with van der Waals surface area (Å²) in [5.41, 5.74) is 4.62. The number of fused-ring (bicyclic) bond motifs is 3. The lowest BCUT2D eigenvalue weighted by molar-refractivity contribution is 0.355. The van der Waals surface area contributed by atoms with Crippen molar-refractivity contribution in [2.45, 2.75) is 6.92 Å². The Labute approximate surface area is 139 Å². The number of nitrogens with zero attached hydrogens (tertiary/aromatic N) is 2. The smallest absolute Gasteiger partial charge is 0.161 e. The minimum absolute atomic E-state index is 0.685. The summed E-state index contributed by atoms with van der Waals surface area (Å²) < 4.78 is 10.8. The first-order valence-electron chi connectivity index (χ1n) is 7.68. The summed E-state index contributed by atoms with van der Waals surface area (Å²) in [5, 5.41) is 9.58. The molecule has 0 saturated heterocycles. The maximum Gasteiger partial charge on any atom is 0.161 e. The fourth-order valence-corrected chi connectivity index (χ4v) is 3.02. The Morgan fingerprint density at radius 3 is 2.38 bits per heavy atom. The Morgan fingerprint density at radius 1 is 0.875 bits per heavy atom. The summed E-state index contributed by atoms with van der Waals surface area (Å²) >= 11 is 0. The van der Waals surface area contributed by atoms with Gasteiger partial charge in [-0.1, -0.05) is 24.3 Å². The molecular weight excluding hydrogens is 302 g/mol. The lowest BCUT2D eigenvalue weighted by Gasteiger charge is -2.11. The minimum Gasteiger partial charge on any atom is -0.493 e. The molecule has 0 fully saturated rings. The maximum atomic E-state index is 5.44. The molecule has 4 rings (SSSR count). The second kappa shape index (κ2) is 5.53. The number of H-pyrrole nitrogens is 1. The van der Waals surface area contributed by atoms with Gasteiger partial charge in [-0.3, -0.25) is 5.10 Å². The van der Waals surface area contributed by atoms with Crippen molar-refractivity contribution >= 4 is 21.8 Å². The number of ether oxygens (including phenoxy) is 2. The molecule has 120 valence electrons. The molecular formula is C19H17N3O2. The zero-order valence-corrected chi connectivity index (χ0v) is 13.8. The predicted molar refractivity (Wildman–Crippen MR) is 94.7 cm³/mol. The highest BCUT2D eigenvalue weighted by molar-refractivity contribution is 6.09. The first kappa shape index (κ1) is 14.5. The zero-order chi connectivity index (χ0) is 16.7. The van der Waals surface area contributed by atoms with Crippen molar-refractivity contribution in [2.24, 2.45) is 0 Å². The summed E-state index contributed by atoms with van der Waals surface area (Å²) in [6.07, 6.45) is 0. The second-order valence-electron chi connectivity index (χ2n) is 5.62. The molecule has 24 heavy (non-hydrogen) atoms. The molecule has 5 nitrogen and oxygen atoms in total. The Bertz CT molecular complexity index is 1050. The number of pyridine rings is 1. The van der Waals surface area contributed by atoms with E-state index in [-0.39, 0.29) is 0 Å². The van der Waals surface area contributed by atoms with Crippen molar-refractivity contribution in [3.05, 3.63) is 48.2 Å². The second-order valence-corrected chi connectivity index (χ2v) is 5.62. The number of benzene rings is 2. The van der Waals surface area contributed by atoms with Gasteiger partial charge in [-0.15, -0.1) is 0 Å². The zero-order valence-electron chi connectivity index (χ0n) is 13.8. The molecule has 2 aromatic heterocycles. The molecule has 0 saturated carbocycles. The lowest BCUT2D eigenvalue weighted by atomic mass is 10.0. The molecule has 0 aliphatic heterocycles. The van der Waals surface area contributed by atoms with Gasteiger partial charge in [0.25, 0.3) is 0 Å². The number of nitrogens with one attached hydrogen (secondary N) is 1. The number of aryl methyl sites for hydroxylation is 1.